The number of hydrogen-bond acceptors (Lipinski definition) is 1. The standard InChI is InChI=1S/C31H27Br2N/c1-19-15-28(34(26-10-6-24(32)7-11-26)27-12-8-25(33)9-13-27)16-20(2)31(19)23-5-14-29-21-3-4-22(17-21)30(29)18-23/h5-16,18,21-22H,3-4,17H2,1-2H3. The van der Waals surface area contributed by atoms with Gasteiger partial charge in [-0.05, 0) is 139 Å². The van der Waals surface area contributed by atoms with Crippen molar-refractivity contribution in [2.75, 3.05) is 4.90 Å². The van der Waals surface area contributed by atoms with Crippen molar-refractivity contribution in [1.82, 2.24) is 0 Å². The van der Waals surface area contributed by atoms with Gasteiger partial charge in [-0.3, -0.25) is 0 Å². The first-order valence-corrected chi connectivity index (χ1v) is 13.6. The molecule has 0 saturated heterocycles. The van der Waals surface area contributed by atoms with Gasteiger partial charge in [-0.1, -0.05) is 50.1 Å². The summed E-state index contributed by atoms with van der Waals surface area (Å²) >= 11 is 7.17. The van der Waals surface area contributed by atoms with Crippen LogP contribution in [0.3, 0.4) is 0 Å². The second kappa shape index (κ2) is 8.70. The van der Waals surface area contributed by atoms with E-state index < -0.39 is 0 Å². The molecule has 3 heteroatoms. The Bertz CT molecular complexity index is 1300. The average molecular weight is 573 g/mol. The molecule has 1 saturated carbocycles. The molecule has 0 radical (unpaired) electrons. The summed E-state index contributed by atoms with van der Waals surface area (Å²) in [6, 6.07) is 29.0. The molecule has 2 atom stereocenters. The molecule has 2 bridgehead atoms. The van der Waals surface area contributed by atoms with Gasteiger partial charge in [0.15, 0.2) is 0 Å². The summed E-state index contributed by atoms with van der Waals surface area (Å²) in [4.78, 5) is 2.34. The summed E-state index contributed by atoms with van der Waals surface area (Å²) in [6.07, 6.45) is 4.12. The van der Waals surface area contributed by atoms with Crippen molar-refractivity contribution >= 4 is 48.9 Å². The summed E-state index contributed by atoms with van der Waals surface area (Å²) in [6.45, 7) is 4.51. The molecular weight excluding hydrogens is 546 g/mol. The summed E-state index contributed by atoms with van der Waals surface area (Å²) in [5.74, 6) is 1.59. The monoisotopic (exact) mass is 571 g/mol. The molecule has 2 unspecified atom stereocenters. The first-order valence-electron chi connectivity index (χ1n) is 12.0. The summed E-state index contributed by atoms with van der Waals surface area (Å²) in [7, 11) is 0. The molecule has 4 aromatic rings. The topological polar surface area (TPSA) is 3.24 Å². The van der Waals surface area contributed by atoms with Gasteiger partial charge in [-0.15, -0.1) is 0 Å². The van der Waals surface area contributed by atoms with E-state index in [0.29, 0.717) is 0 Å². The van der Waals surface area contributed by atoms with Crippen molar-refractivity contribution in [2.45, 2.75) is 44.9 Å². The lowest BCUT2D eigenvalue weighted by Crippen LogP contribution is -2.10. The van der Waals surface area contributed by atoms with E-state index in [1.54, 1.807) is 11.1 Å². The van der Waals surface area contributed by atoms with E-state index >= 15 is 0 Å². The Morgan fingerprint density at radius 1 is 0.618 bits per heavy atom. The van der Waals surface area contributed by atoms with Gasteiger partial charge in [0, 0.05) is 26.0 Å². The van der Waals surface area contributed by atoms with Crippen molar-refractivity contribution in [3.05, 3.63) is 110 Å². The van der Waals surface area contributed by atoms with Crippen LogP contribution in [-0.2, 0) is 0 Å². The van der Waals surface area contributed by atoms with Crippen LogP contribution in [0.2, 0.25) is 0 Å². The van der Waals surface area contributed by atoms with Crippen LogP contribution in [-0.4, -0.2) is 0 Å². The molecule has 4 aromatic carbocycles. The number of halogens is 2. The lowest BCUT2D eigenvalue weighted by Gasteiger charge is -2.27. The minimum atomic E-state index is 0.783. The second-order valence-electron chi connectivity index (χ2n) is 9.79. The number of aryl methyl sites for hydroxylation is 2. The maximum Gasteiger partial charge on any atom is 0.0467 e. The van der Waals surface area contributed by atoms with Gasteiger partial charge in [0.2, 0.25) is 0 Å². The second-order valence-corrected chi connectivity index (χ2v) is 11.6. The van der Waals surface area contributed by atoms with Gasteiger partial charge in [0.1, 0.15) is 0 Å². The van der Waals surface area contributed by atoms with Gasteiger partial charge >= 0.3 is 0 Å². The lowest BCUT2D eigenvalue weighted by atomic mass is 9.87. The fourth-order valence-corrected chi connectivity index (χ4v) is 6.68. The van der Waals surface area contributed by atoms with Crippen LogP contribution in [0.5, 0.6) is 0 Å². The minimum Gasteiger partial charge on any atom is -0.310 e. The van der Waals surface area contributed by atoms with E-state index in [0.717, 1.165) is 32.2 Å². The molecule has 0 N–H and O–H groups in total. The number of anilines is 3. The molecule has 0 spiro atoms. The third-order valence-electron chi connectivity index (χ3n) is 7.63. The summed E-state index contributed by atoms with van der Waals surface area (Å²) in [5.41, 5.74) is 12.1. The van der Waals surface area contributed by atoms with Gasteiger partial charge in [0.05, 0.1) is 0 Å². The Morgan fingerprint density at radius 2 is 1.15 bits per heavy atom. The third kappa shape index (κ3) is 3.83. The molecule has 0 aliphatic heterocycles. The maximum atomic E-state index is 3.58. The Balaban J connectivity index is 1.45. The van der Waals surface area contributed by atoms with E-state index in [1.165, 1.54) is 47.2 Å². The highest BCUT2D eigenvalue weighted by Crippen LogP contribution is 2.54. The fourth-order valence-electron chi connectivity index (χ4n) is 6.15. The average Bonchev–Trinajstić information content (AvgIpc) is 3.44. The van der Waals surface area contributed by atoms with E-state index in [1.807, 2.05) is 0 Å². The first-order chi connectivity index (χ1) is 16.5. The molecule has 1 nitrogen and oxygen atoms in total. The number of rotatable bonds is 4. The number of benzene rings is 4. The zero-order valence-electron chi connectivity index (χ0n) is 19.5. The Morgan fingerprint density at radius 3 is 1.71 bits per heavy atom. The van der Waals surface area contributed by atoms with Gasteiger partial charge in [-0.25, -0.2) is 0 Å². The van der Waals surface area contributed by atoms with Crippen LogP contribution in [0.15, 0.2) is 87.8 Å². The molecule has 6 rings (SSSR count). The zero-order valence-corrected chi connectivity index (χ0v) is 22.7. The number of fused-ring (bicyclic) bond motifs is 5. The molecule has 0 amide bonds. The molecule has 0 heterocycles. The predicted octanol–water partition coefficient (Wildman–Crippen LogP) is 10.3. The largest absolute Gasteiger partial charge is 0.310 e. The molecule has 0 aromatic heterocycles. The van der Waals surface area contributed by atoms with Crippen molar-refractivity contribution in [2.24, 2.45) is 0 Å². The van der Waals surface area contributed by atoms with E-state index in [4.69, 9.17) is 0 Å². The highest BCUT2D eigenvalue weighted by molar-refractivity contribution is 9.10. The molecule has 2 aliphatic carbocycles. The molecule has 1 fully saturated rings. The fraction of sp³-hybridized carbons (Fsp3) is 0.226. The van der Waals surface area contributed by atoms with Crippen LogP contribution in [0.1, 0.15) is 53.4 Å². The highest BCUT2D eigenvalue weighted by atomic mass is 79.9. The lowest BCUT2D eigenvalue weighted by molar-refractivity contribution is 0.718. The maximum absolute atomic E-state index is 3.58. The van der Waals surface area contributed by atoms with Crippen LogP contribution in [0.4, 0.5) is 17.1 Å². The predicted molar refractivity (Wildman–Crippen MR) is 151 cm³/mol. The smallest absolute Gasteiger partial charge is 0.0467 e. The van der Waals surface area contributed by atoms with Crippen LogP contribution < -0.4 is 4.90 Å². The van der Waals surface area contributed by atoms with E-state index in [2.05, 4.69) is 129 Å². The first kappa shape index (κ1) is 22.1. The molecule has 34 heavy (non-hydrogen) atoms. The van der Waals surface area contributed by atoms with E-state index in [9.17, 15) is 0 Å². The Labute approximate surface area is 219 Å². The third-order valence-corrected chi connectivity index (χ3v) is 8.69. The van der Waals surface area contributed by atoms with Crippen LogP contribution in [0, 0.1) is 13.8 Å². The normalized spacial score (nSPS) is 18.2. The highest BCUT2D eigenvalue weighted by Gasteiger charge is 2.36. The summed E-state index contributed by atoms with van der Waals surface area (Å²) < 4.78 is 2.17. The number of hydrogen-bond donors (Lipinski definition) is 0. The Kier molecular flexibility index (Phi) is 5.66. The number of nitrogens with zero attached hydrogens (tertiary/aromatic N) is 1. The van der Waals surface area contributed by atoms with Gasteiger partial charge < -0.3 is 4.90 Å². The van der Waals surface area contributed by atoms with Crippen LogP contribution >= 0.6 is 31.9 Å². The summed E-state index contributed by atoms with van der Waals surface area (Å²) in [5, 5.41) is 0. The zero-order chi connectivity index (χ0) is 23.4. The van der Waals surface area contributed by atoms with Gasteiger partial charge in [0.25, 0.3) is 0 Å². The van der Waals surface area contributed by atoms with Gasteiger partial charge in [-0.2, -0.15) is 0 Å². The Hall–Kier alpha value is -2.36. The van der Waals surface area contributed by atoms with Crippen LogP contribution in [0.25, 0.3) is 11.1 Å². The molecule has 2 aliphatic rings. The van der Waals surface area contributed by atoms with Crippen molar-refractivity contribution in [3.63, 3.8) is 0 Å². The van der Waals surface area contributed by atoms with Crippen molar-refractivity contribution in [1.29, 1.82) is 0 Å². The molecular formula is C31H27Br2N. The van der Waals surface area contributed by atoms with Crippen molar-refractivity contribution in [3.8, 4) is 11.1 Å². The SMILES string of the molecule is Cc1cc(N(c2ccc(Br)cc2)c2ccc(Br)cc2)cc(C)c1-c1ccc2c(c1)C1CCC2C1. The van der Waals surface area contributed by atoms with E-state index in [-0.39, 0.29) is 0 Å². The minimum absolute atomic E-state index is 0.783. The van der Waals surface area contributed by atoms with Crippen molar-refractivity contribution < 1.29 is 0 Å². The molecule has 170 valence electrons. The quantitative estimate of drug-likeness (QED) is 0.235.